The molecule has 0 bridgehead atoms. The molecule has 2 rings (SSSR count). The van der Waals surface area contributed by atoms with Crippen LogP contribution in [0.3, 0.4) is 0 Å². The first-order chi connectivity index (χ1) is 9.95. The predicted octanol–water partition coefficient (Wildman–Crippen LogP) is 2.05. The zero-order valence-corrected chi connectivity index (χ0v) is 13.1. The summed E-state index contributed by atoms with van der Waals surface area (Å²) in [6.07, 6.45) is 4.90. The van der Waals surface area contributed by atoms with Gasteiger partial charge in [0.2, 0.25) is 11.8 Å². The van der Waals surface area contributed by atoms with Crippen molar-refractivity contribution < 1.29 is 9.59 Å². The number of hydrogen-bond donors (Lipinski definition) is 1. The Hall–Kier alpha value is -1.91. The molecule has 0 radical (unpaired) electrons. The van der Waals surface area contributed by atoms with E-state index in [9.17, 15) is 9.59 Å². The van der Waals surface area contributed by atoms with Gasteiger partial charge in [0, 0.05) is 6.20 Å². The summed E-state index contributed by atoms with van der Waals surface area (Å²) >= 11 is 0. The van der Waals surface area contributed by atoms with Crippen LogP contribution in [-0.4, -0.2) is 28.9 Å². The van der Waals surface area contributed by atoms with Crippen LogP contribution in [0.15, 0.2) is 18.5 Å². The van der Waals surface area contributed by atoms with E-state index in [-0.39, 0.29) is 17.7 Å². The van der Waals surface area contributed by atoms with Crippen molar-refractivity contribution >= 4 is 17.5 Å². The standard InChI is InChI=1S/C16H23N3O2/c1-5-6-13-16(21)19(12-7-11(4)8-17-9-12)14(10(2)3)15(20)18-13/h7-10,13-14H,5-6H2,1-4H3,(H,18,20). The van der Waals surface area contributed by atoms with Gasteiger partial charge in [-0.3, -0.25) is 19.5 Å². The number of amides is 2. The molecule has 0 aromatic carbocycles. The molecule has 5 heteroatoms. The highest BCUT2D eigenvalue weighted by Crippen LogP contribution is 2.26. The molecule has 2 heterocycles. The van der Waals surface area contributed by atoms with Crippen LogP contribution in [0.4, 0.5) is 5.69 Å². The van der Waals surface area contributed by atoms with Gasteiger partial charge < -0.3 is 5.32 Å². The molecule has 1 aliphatic rings. The van der Waals surface area contributed by atoms with Gasteiger partial charge in [-0.05, 0) is 30.9 Å². The maximum absolute atomic E-state index is 12.8. The smallest absolute Gasteiger partial charge is 0.250 e. The molecule has 0 aliphatic carbocycles. The highest BCUT2D eigenvalue weighted by Gasteiger charge is 2.42. The number of nitrogens with one attached hydrogen (secondary N) is 1. The first-order valence-electron chi connectivity index (χ1n) is 7.50. The summed E-state index contributed by atoms with van der Waals surface area (Å²) in [5.74, 6) is -0.0795. The average molecular weight is 289 g/mol. The van der Waals surface area contributed by atoms with Crippen LogP contribution in [0.25, 0.3) is 0 Å². The second-order valence-corrected chi connectivity index (χ2v) is 5.97. The minimum absolute atomic E-state index is 0.0389. The Labute approximate surface area is 125 Å². The summed E-state index contributed by atoms with van der Waals surface area (Å²) in [6.45, 7) is 7.84. The van der Waals surface area contributed by atoms with Crippen molar-refractivity contribution in [2.75, 3.05) is 4.90 Å². The summed E-state index contributed by atoms with van der Waals surface area (Å²) < 4.78 is 0. The SMILES string of the molecule is CCCC1NC(=O)C(C(C)C)N(c2cncc(C)c2)C1=O. The van der Waals surface area contributed by atoms with Gasteiger partial charge in [0.05, 0.1) is 11.9 Å². The van der Waals surface area contributed by atoms with E-state index in [4.69, 9.17) is 0 Å². The summed E-state index contributed by atoms with van der Waals surface area (Å²) in [7, 11) is 0. The molecule has 1 aromatic rings. The maximum Gasteiger partial charge on any atom is 0.250 e. The fourth-order valence-electron chi connectivity index (χ4n) is 2.78. The Balaban J connectivity index is 2.43. The van der Waals surface area contributed by atoms with Crippen molar-refractivity contribution in [2.24, 2.45) is 5.92 Å². The molecule has 2 unspecified atom stereocenters. The van der Waals surface area contributed by atoms with Crippen molar-refractivity contribution in [1.29, 1.82) is 0 Å². The summed E-state index contributed by atoms with van der Waals surface area (Å²) in [6, 6.07) is 0.995. The lowest BCUT2D eigenvalue weighted by molar-refractivity contribution is -0.135. The molecular weight excluding hydrogens is 266 g/mol. The number of pyridine rings is 1. The molecule has 1 aromatic heterocycles. The number of rotatable bonds is 4. The van der Waals surface area contributed by atoms with Crippen molar-refractivity contribution in [2.45, 2.75) is 52.6 Å². The Bertz CT molecular complexity index is 542. The summed E-state index contributed by atoms with van der Waals surface area (Å²) in [5.41, 5.74) is 1.68. The predicted molar refractivity (Wildman–Crippen MR) is 81.9 cm³/mol. The van der Waals surface area contributed by atoms with Crippen molar-refractivity contribution in [3.8, 4) is 0 Å². The zero-order valence-electron chi connectivity index (χ0n) is 13.1. The number of aryl methyl sites for hydroxylation is 1. The van der Waals surface area contributed by atoms with Gasteiger partial charge in [0.25, 0.3) is 0 Å². The minimum atomic E-state index is -0.478. The van der Waals surface area contributed by atoms with Gasteiger partial charge in [-0.15, -0.1) is 0 Å². The maximum atomic E-state index is 12.8. The van der Waals surface area contributed by atoms with Crippen LogP contribution >= 0.6 is 0 Å². The van der Waals surface area contributed by atoms with Gasteiger partial charge in [-0.2, -0.15) is 0 Å². The lowest BCUT2D eigenvalue weighted by atomic mass is 9.95. The molecule has 2 amide bonds. The van der Waals surface area contributed by atoms with Gasteiger partial charge in [-0.1, -0.05) is 27.2 Å². The molecule has 2 atom stereocenters. The molecule has 5 nitrogen and oxygen atoms in total. The Kier molecular flexibility index (Phi) is 4.60. The molecule has 21 heavy (non-hydrogen) atoms. The quantitative estimate of drug-likeness (QED) is 0.922. The summed E-state index contributed by atoms with van der Waals surface area (Å²) in [5, 5.41) is 2.86. The molecule has 1 fully saturated rings. The van der Waals surface area contributed by atoms with E-state index in [1.807, 2.05) is 33.8 Å². The van der Waals surface area contributed by atoms with Gasteiger partial charge >= 0.3 is 0 Å². The lowest BCUT2D eigenvalue weighted by Crippen LogP contribution is -2.65. The fraction of sp³-hybridized carbons (Fsp3) is 0.562. The average Bonchev–Trinajstić information content (AvgIpc) is 2.41. The molecular formula is C16H23N3O2. The van der Waals surface area contributed by atoms with Crippen LogP contribution in [0.2, 0.25) is 0 Å². The van der Waals surface area contributed by atoms with Crippen LogP contribution in [0, 0.1) is 12.8 Å². The molecule has 0 saturated carbocycles. The number of carbonyl (C=O) groups is 2. The van der Waals surface area contributed by atoms with Gasteiger partial charge in [0.15, 0.2) is 0 Å². The molecule has 1 N–H and O–H groups in total. The van der Waals surface area contributed by atoms with Gasteiger partial charge in [0.1, 0.15) is 12.1 Å². The van der Waals surface area contributed by atoms with E-state index in [0.717, 1.165) is 12.0 Å². The summed E-state index contributed by atoms with van der Waals surface area (Å²) in [4.78, 5) is 31.0. The normalized spacial score (nSPS) is 22.6. The lowest BCUT2D eigenvalue weighted by Gasteiger charge is -2.40. The number of hydrogen-bond acceptors (Lipinski definition) is 3. The Morgan fingerprint density at radius 3 is 2.62 bits per heavy atom. The second kappa shape index (κ2) is 6.24. The van der Waals surface area contributed by atoms with Crippen molar-refractivity contribution in [3.63, 3.8) is 0 Å². The van der Waals surface area contributed by atoms with Crippen LogP contribution in [0.1, 0.15) is 39.2 Å². The van der Waals surface area contributed by atoms with E-state index in [1.54, 1.807) is 17.3 Å². The second-order valence-electron chi connectivity index (χ2n) is 5.97. The van der Waals surface area contributed by atoms with Crippen LogP contribution in [-0.2, 0) is 9.59 Å². The van der Waals surface area contributed by atoms with E-state index in [0.29, 0.717) is 12.1 Å². The largest absolute Gasteiger partial charge is 0.342 e. The molecule has 1 saturated heterocycles. The third-order valence-electron chi connectivity index (χ3n) is 3.75. The Morgan fingerprint density at radius 1 is 1.33 bits per heavy atom. The van der Waals surface area contributed by atoms with E-state index >= 15 is 0 Å². The van der Waals surface area contributed by atoms with E-state index < -0.39 is 12.1 Å². The van der Waals surface area contributed by atoms with E-state index in [2.05, 4.69) is 10.3 Å². The van der Waals surface area contributed by atoms with Crippen LogP contribution in [0.5, 0.6) is 0 Å². The highest BCUT2D eigenvalue weighted by atomic mass is 16.2. The molecule has 0 spiro atoms. The third-order valence-corrected chi connectivity index (χ3v) is 3.75. The van der Waals surface area contributed by atoms with Gasteiger partial charge in [-0.25, -0.2) is 0 Å². The number of aromatic nitrogens is 1. The number of carbonyl (C=O) groups excluding carboxylic acids is 2. The topological polar surface area (TPSA) is 62.3 Å². The monoisotopic (exact) mass is 289 g/mol. The number of piperazine rings is 1. The Morgan fingerprint density at radius 2 is 2.05 bits per heavy atom. The zero-order chi connectivity index (χ0) is 15.6. The first kappa shape index (κ1) is 15.5. The van der Waals surface area contributed by atoms with E-state index in [1.165, 1.54) is 0 Å². The fourth-order valence-corrected chi connectivity index (χ4v) is 2.78. The third kappa shape index (κ3) is 3.06. The highest BCUT2D eigenvalue weighted by molar-refractivity contribution is 6.08. The van der Waals surface area contributed by atoms with Crippen molar-refractivity contribution in [1.82, 2.24) is 10.3 Å². The molecule has 1 aliphatic heterocycles. The minimum Gasteiger partial charge on any atom is -0.342 e. The van der Waals surface area contributed by atoms with Crippen LogP contribution < -0.4 is 10.2 Å². The molecule has 114 valence electrons. The number of anilines is 1. The van der Waals surface area contributed by atoms with Crippen molar-refractivity contribution in [3.05, 3.63) is 24.0 Å². The number of nitrogens with zero attached hydrogens (tertiary/aromatic N) is 2. The first-order valence-corrected chi connectivity index (χ1v) is 7.50.